The number of benzene rings is 3. The highest BCUT2D eigenvalue weighted by molar-refractivity contribution is 7.92. The van der Waals surface area contributed by atoms with Gasteiger partial charge in [0, 0.05) is 5.56 Å². The van der Waals surface area contributed by atoms with Crippen LogP contribution in [0.1, 0.15) is 21.5 Å². The van der Waals surface area contributed by atoms with E-state index in [2.05, 4.69) is 5.32 Å². The molecule has 6 nitrogen and oxygen atoms in total. The summed E-state index contributed by atoms with van der Waals surface area (Å²) in [6.07, 6.45) is 0.875. The molecule has 0 fully saturated rings. The highest BCUT2D eigenvalue weighted by atomic mass is 32.2. The van der Waals surface area contributed by atoms with E-state index in [1.54, 1.807) is 0 Å². The second-order valence-electron chi connectivity index (χ2n) is 7.46. The maximum Gasteiger partial charge on any atom is 0.251 e. The van der Waals surface area contributed by atoms with Crippen LogP contribution in [0, 0.1) is 18.6 Å². The van der Waals surface area contributed by atoms with Gasteiger partial charge in [-0.25, -0.2) is 17.2 Å². The molecule has 0 aliphatic carbocycles. The summed E-state index contributed by atoms with van der Waals surface area (Å²) in [5.74, 6) is -1.57. The number of anilines is 1. The Balaban J connectivity index is 1.62. The van der Waals surface area contributed by atoms with E-state index in [1.807, 2.05) is 31.2 Å². The minimum atomic E-state index is -3.97. The van der Waals surface area contributed by atoms with Gasteiger partial charge in [-0.1, -0.05) is 30.3 Å². The molecule has 0 heterocycles. The van der Waals surface area contributed by atoms with Gasteiger partial charge in [0.1, 0.15) is 18.0 Å². The molecular weight excluding hydrogens is 450 g/mol. The van der Waals surface area contributed by atoms with Crippen molar-refractivity contribution >= 4 is 21.6 Å². The van der Waals surface area contributed by atoms with Gasteiger partial charge >= 0.3 is 0 Å². The van der Waals surface area contributed by atoms with E-state index in [0.717, 1.165) is 35.8 Å². The number of nitrogens with zero attached hydrogens (tertiary/aromatic N) is 1. The van der Waals surface area contributed by atoms with E-state index in [4.69, 9.17) is 4.74 Å². The fourth-order valence-corrected chi connectivity index (χ4v) is 4.05. The minimum Gasteiger partial charge on any atom is -0.492 e. The van der Waals surface area contributed by atoms with Crippen molar-refractivity contribution in [1.82, 2.24) is 5.32 Å². The normalized spacial score (nSPS) is 11.2. The van der Waals surface area contributed by atoms with E-state index in [9.17, 15) is 22.0 Å². The summed E-state index contributed by atoms with van der Waals surface area (Å²) in [7, 11) is -3.97. The average Bonchev–Trinajstić information content (AvgIpc) is 2.75. The molecule has 0 bridgehead atoms. The third-order valence-electron chi connectivity index (χ3n) is 4.78. The number of hydrogen-bond acceptors (Lipinski definition) is 4. The molecule has 3 aromatic carbocycles. The summed E-state index contributed by atoms with van der Waals surface area (Å²) in [6.45, 7) is 2.26. The lowest BCUT2D eigenvalue weighted by Crippen LogP contribution is -2.31. The van der Waals surface area contributed by atoms with Crippen LogP contribution in [0.15, 0.2) is 66.7 Å². The number of para-hydroxylation sites is 1. The van der Waals surface area contributed by atoms with Crippen LogP contribution in [-0.4, -0.2) is 33.7 Å². The molecule has 1 amide bonds. The topological polar surface area (TPSA) is 75.7 Å². The summed E-state index contributed by atoms with van der Waals surface area (Å²) in [6, 6.07) is 16.8. The molecule has 33 heavy (non-hydrogen) atoms. The summed E-state index contributed by atoms with van der Waals surface area (Å²) in [5, 5.41) is 2.74. The van der Waals surface area contributed by atoms with Gasteiger partial charge in [-0.2, -0.15) is 0 Å². The van der Waals surface area contributed by atoms with Crippen molar-refractivity contribution in [3.63, 3.8) is 0 Å². The number of carbonyl (C=O) groups excluding carboxylic acids is 1. The zero-order valence-corrected chi connectivity index (χ0v) is 19.0. The Kier molecular flexibility index (Phi) is 7.65. The molecular formula is C24H24F2N2O4S. The van der Waals surface area contributed by atoms with Crippen LogP contribution in [0.25, 0.3) is 0 Å². The van der Waals surface area contributed by atoms with Crippen LogP contribution < -0.4 is 14.4 Å². The van der Waals surface area contributed by atoms with Gasteiger partial charge in [0.25, 0.3) is 5.91 Å². The van der Waals surface area contributed by atoms with Crippen LogP contribution in [-0.2, 0) is 16.6 Å². The Hall–Kier alpha value is -3.46. The molecule has 0 aromatic heterocycles. The highest BCUT2D eigenvalue weighted by Gasteiger charge is 2.24. The number of rotatable bonds is 9. The molecule has 1 N–H and O–H groups in total. The summed E-state index contributed by atoms with van der Waals surface area (Å²) in [5.41, 5.74) is 1.25. The van der Waals surface area contributed by atoms with Crippen molar-refractivity contribution in [1.29, 1.82) is 0 Å². The van der Waals surface area contributed by atoms with E-state index in [0.29, 0.717) is 28.6 Å². The van der Waals surface area contributed by atoms with Crippen molar-refractivity contribution in [2.24, 2.45) is 0 Å². The van der Waals surface area contributed by atoms with E-state index >= 15 is 0 Å². The largest absolute Gasteiger partial charge is 0.492 e. The number of carbonyl (C=O) groups is 1. The van der Waals surface area contributed by atoms with Crippen molar-refractivity contribution in [2.75, 3.05) is 23.7 Å². The van der Waals surface area contributed by atoms with Gasteiger partial charge in [-0.15, -0.1) is 0 Å². The van der Waals surface area contributed by atoms with Crippen LogP contribution in [0.2, 0.25) is 0 Å². The fourth-order valence-electron chi connectivity index (χ4n) is 3.16. The molecule has 3 aromatic rings. The van der Waals surface area contributed by atoms with Gasteiger partial charge in [-0.05, 0) is 54.4 Å². The number of nitrogens with one attached hydrogen (secondary N) is 1. The van der Waals surface area contributed by atoms with Crippen molar-refractivity contribution in [3.8, 4) is 5.75 Å². The summed E-state index contributed by atoms with van der Waals surface area (Å²) >= 11 is 0. The first-order valence-corrected chi connectivity index (χ1v) is 12.0. The molecule has 0 spiro atoms. The quantitative estimate of drug-likeness (QED) is 0.475. The highest BCUT2D eigenvalue weighted by Crippen LogP contribution is 2.27. The lowest BCUT2D eigenvalue weighted by Gasteiger charge is -2.23. The number of sulfonamides is 1. The van der Waals surface area contributed by atoms with Crippen molar-refractivity contribution in [3.05, 3.63) is 95.1 Å². The third-order valence-corrected chi connectivity index (χ3v) is 5.89. The average molecular weight is 475 g/mol. The van der Waals surface area contributed by atoms with Gasteiger partial charge < -0.3 is 10.1 Å². The molecule has 0 atom stereocenters. The predicted octanol–water partition coefficient (Wildman–Crippen LogP) is 4.05. The Morgan fingerprint density at radius 3 is 2.24 bits per heavy atom. The lowest BCUT2D eigenvalue weighted by molar-refractivity contribution is 0.0947. The second-order valence-corrected chi connectivity index (χ2v) is 9.36. The number of hydrogen-bond donors (Lipinski definition) is 1. The van der Waals surface area contributed by atoms with Crippen LogP contribution in [0.4, 0.5) is 14.5 Å². The van der Waals surface area contributed by atoms with E-state index in [-0.39, 0.29) is 12.5 Å². The molecule has 0 saturated carbocycles. The predicted molar refractivity (Wildman–Crippen MR) is 123 cm³/mol. The van der Waals surface area contributed by atoms with Crippen LogP contribution >= 0.6 is 0 Å². The smallest absolute Gasteiger partial charge is 0.251 e. The Morgan fingerprint density at radius 2 is 1.64 bits per heavy atom. The molecule has 174 valence electrons. The first-order chi connectivity index (χ1) is 15.6. The Labute approximate surface area is 191 Å². The summed E-state index contributed by atoms with van der Waals surface area (Å²) < 4.78 is 59.0. The number of halogens is 2. The van der Waals surface area contributed by atoms with E-state index in [1.165, 1.54) is 24.3 Å². The van der Waals surface area contributed by atoms with Gasteiger partial charge in [-0.3, -0.25) is 9.10 Å². The second kappa shape index (κ2) is 10.4. The molecule has 9 heteroatoms. The molecule has 0 unspecified atom stereocenters. The monoisotopic (exact) mass is 474 g/mol. The zero-order valence-electron chi connectivity index (χ0n) is 18.2. The maximum atomic E-state index is 14.2. The van der Waals surface area contributed by atoms with Crippen molar-refractivity contribution < 1.29 is 26.7 Å². The molecule has 0 aliphatic heterocycles. The minimum absolute atomic E-state index is 0.289. The molecule has 3 rings (SSSR count). The molecule has 0 saturated heterocycles. The number of amides is 1. The summed E-state index contributed by atoms with van der Waals surface area (Å²) in [4.78, 5) is 12.3. The van der Waals surface area contributed by atoms with Gasteiger partial charge in [0.15, 0.2) is 11.6 Å². The Morgan fingerprint density at radius 1 is 1.00 bits per heavy atom. The van der Waals surface area contributed by atoms with E-state index < -0.39 is 27.3 Å². The Bertz CT molecular complexity index is 1210. The van der Waals surface area contributed by atoms with Crippen LogP contribution in [0.5, 0.6) is 5.75 Å². The maximum absolute atomic E-state index is 14.2. The molecule has 0 radical (unpaired) electrons. The zero-order chi connectivity index (χ0) is 24.0. The molecule has 0 aliphatic rings. The SMILES string of the molecule is Cc1cccc(OCCNC(=O)c2ccc(CN(c3c(F)cccc3F)S(C)(=O)=O)cc2)c1. The fraction of sp³-hybridized carbons (Fsp3) is 0.208. The van der Waals surface area contributed by atoms with Crippen LogP contribution in [0.3, 0.4) is 0 Å². The van der Waals surface area contributed by atoms with Gasteiger partial charge in [0.2, 0.25) is 10.0 Å². The number of ether oxygens (including phenoxy) is 1. The van der Waals surface area contributed by atoms with Gasteiger partial charge in [0.05, 0.1) is 19.3 Å². The standard InChI is InChI=1S/C24H24F2N2O4S/c1-17-5-3-6-20(15-17)32-14-13-27-24(29)19-11-9-18(10-12-19)16-28(33(2,30)31)23-21(25)7-4-8-22(23)26/h3-12,15H,13-14,16H2,1-2H3,(H,27,29). The number of aryl methyl sites for hydroxylation is 1. The first kappa shape index (κ1) is 24.2. The van der Waals surface area contributed by atoms with Crippen molar-refractivity contribution in [2.45, 2.75) is 13.5 Å². The third kappa shape index (κ3) is 6.52. The lowest BCUT2D eigenvalue weighted by atomic mass is 10.1. The first-order valence-electron chi connectivity index (χ1n) is 10.1.